The summed E-state index contributed by atoms with van der Waals surface area (Å²) >= 11 is 0. The first-order valence-corrected chi connectivity index (χ1v) is 7.39. The standard InChI is InChI=1S/C15H19N3O8/c1-9(2)26-15-11(18(23)24)4-10(5-12(15)25-3)6-16-17(7-13(19)20)8-14(21)22/h4-6,9H,7-8H2,1-3H3,(H,19,20)(H,21,22)/b16-6-. The van der Waals surface area contributed by atoms with Gasteiger partial charge in [-0.2, -0.15) is 5.10 Å². The number of hydrazone groups is 1. The molecule has 1 aromatic rings. The van der Waals surface area contributed by atoms with E-state index in [0.717, 1.165) is 11.2 Å². The second-order valence-electron chi connectivity index (χ2n) is 5.35. The average molecular weight is 369 g/mol. The van der Waals surface area contributed by atoms with Gasteiger partial charge < -0.3 is 19.7 Å². The van der Waals surface area contributed by atoms with Crippen molar-refractivity contribution in [3.05, 3.63) is 27.8 Å². The number of rotatable bonds is 10. The summed E-state index contributed by atoms with van der Waals surface area (Å²) in [4.78, 5) is 32.2. The lowest BCUT2D eigenvalue weighted by Gasteiger charge is -2.15. The molecule has 0 unspecified atom stereocenters. The largest absolute Gasteiger partial charge is 0.493 e. The van der Waals surface area contributed by atoms with Gasteiger partial charge in [0.05, 0.1) is 24.4 Å². The van der Waals surface area contributed by atoms with Crippen molar-refractivity contribution in [2.24, 2.45) is 5.10 Å². The van der Waals surface area contributed by atoms with Crippen LogP contribution in [0.15, 0.2) is 17.2 Å². The van der Waals surface area contributed by atoms with Gasteiger partial charge in [-0.1, -0.05) is 0 Å². The van der Waals surface area contributed by atoms with Gasteiger partial charge in [-0.3, -0.25) is 24.7 Å². The fourth-order valence-corrected chi connectivity index (χ4v) is 1.92. The van der Waals surface area contributed by atoms with Crippen LogP contribution in [0, 0.1) is 10.1 Å². The van der Waals surface area contributed by atoms with E-state index in [9.17, 15) is 19.7 Å². The van der Waals surface area contributed by atoms with Crippen molar-refractivity contribution in [2.45, 2.75) is 20.0 Å². The second kappa shape index (κ2) is 9.20. The predicted molar refractivity (Wildman–Crippen MR) is 89.9 cm³/mol. The number of nitro benzene ring substituents is 1. The number of carboxylic acids is 2. The van der Waals surface area contributed by atoms with E-state index in [4.69, 9.17) is 19.7 Å². The number of nitrogens with zero attached hydrogens (tertiary/aromatic N) is 3. The van der Waals surface area contributed by atoms with Gasteiger partial charge in [-0.25, -0.2) is 0 Å². The number of nitro groups is 1. The van der Waals surface area contributed by atoms with E-state index in [1.807, 2.05) is 0 Å². The molecular formula is C15H19N3O8. The molecule has 0 saturated heterocycles. The Hall–Kier alpha value is -3.37. The molecule has 1 aromatic carbocycles. The van der Waals surface area contributed by atoms with Crippen LogP contribution in [0.25, 0.3) is 0 Å². The van der Waals surface area contributed by atoms with E-state index in [2.05, 4.69) is 5.10 Å². The summed E-state index contributed by atoms with van der Waals surface area (Å²) in [5.74, 6) is -2.49. The van der Waals surface area contributed by atoms with Crippen LogP contribution in [0.1, 0.15) is 19.4 Å². The number of benzene rings is 1. The third-order valence-electron chi connectivity index (χ3n) is 2.83. The van der Waals surface area contributed by atoms with E-state index >= 15 is 0 Å². The monoisotopic (exact) mass is 369 g/mol. The first kappa shape index (κ1) is 20.7. The van der Waals surface area contributed by atoms with Crippen molar-refractivity contribution >= 4 is 23.8 Å². The zero-order valence-corrected chi connectivity index (χ0v) is 14.4. The minimum atomic E-state index is -1.27. The van der Waals surface area contributed by atoms with Crippen molar-refractivity contribution in [1.29, 1.82) is 0 Å². The number of hydrogen-bond donors (Lipinski definition) is 2. The molecule has 0 aromatic heterocycles. The van der Waals surface area contributed by atoms with E-state index in [1.165, 1.54) is 19.2 Å². The minimum absolute atomic E-state index is 0.0439. The highest BCUT2D eigenvalue weighted by Crippen LogP contribution is 2.38. The lowest BCUT2D eigenvalue weighted by atomic mass is 10.2. The summed E-state index contributed by atoms with van der Waals surface area (Å²) in [6.07, 6.45) is 0.782. The van der Waals surface area contributed by atoms with Crippen LogP contribution in [0.4, 0.5) is 5.69 Å². The smallest absolute Gasteiger partial charge is 0.324 e. The maximum atomic E-state index is 11.3. The van der Waals surface area contributed by atoms with Crippen molar-refractivity contribution in [2.75, 3.05) is 20.2 Å². The Morgan fingerprint density at radius 1 is 1.31 bits per heavy atom. The Morgan fingerprint density at radius 3 is 2.31 bits per heavy atom. The van der Waals surface area contributed by atoms with E-state index < -0.39 is 30.0 Å². The summed E-state index contributed by atoms with van der Waals surface area (Å²) in [6.45, 7) is 2.12. The Morgan fingerprint density at radius 2 is 1.88 bits per heavy atom. The number of aliphatic carboxylic acids is 2. The lowest BCUT2D eigenvalue weighted by molar-refractivity contribution is -0.386. The maximum absolute atomic E-state index is 11.3. The van der Waals surface area contributed by atoms with Gasteiger partial charge in [0.25, 0.3) is 0 Å². The van der Waals surface area contributed by atoms with Gasteiger partial charge in [0.15, 0.2) is 5.75 Å². The molecular weight excluding hydrogens is 350 g/mol. The Bertz CT molecular complexity index is 701. The third kappa shape index (κ3) is 6.26. The number of ether oxygens (including phenoxy) is 2. The number of carbonyl (C=O) groups is 2. The van der Waals surface area contributed by atoms with E-state index in [1.54, 1.807) is 13.8 Å². The molecule has 0 aliphatic heterocycles. The molecule has 0 aliphatic rings. The molecule has 142 valence electrons. The highest BCUT2D eigenvalue weighted by molar-refractivity contribution is 5.83. The number of hydrogen-bond acceptors (Lipinski definition) is 8. The van der Waals surface area contributed by atoms with Gasteiger partial charge >= 0.3 is 17.6 Å². The van der Waals surface area contributed by atoms with Crippen LogP contribution in [-0.2, 0) is 9.59 Å². The van der Waals surface area contributed by atoms with Gasteiger partial charge in [0.1, 0.15) is 13.1 Å². The van der Waals surface area contributed by atoms with Crippen molar-refractivity contribution in [3.8, 4) is 11.5 Å². The molecule has 0 spiro atoms. The van der Waals surface area contributed by atoms with E-state index in [-0.39, 0.29) is 28.9 Å². The Labute approximate surface area is 148 Å². The molecule has 2 N–H and O–H groups in total. The molecule has 1 rings (SSSR count). The number of methoxy groups -OCH3 is 1. The van der Waals surface area contributed by atoms with Crippen LogP contribution in [0.5, 0.6) is 11.5 Å². The van der Waals surface area contributed by atoms with E-state index in [0.29, 0.717) is 0 Å². The zero-order valence-electron chi connectivity index (χ0n) is 14.4. The molecule has 0 bridgehead atoms. The quantitative estimate of drug-likeness (QED) is 0.352. The molecule has 0 saturated carbocycles. The summed E-state index contributed by atoms with van der Waals surface area (Å²) in [6, 6.07) is 2.58. The maximum Gasteiger partial charge on any atom is 0.324 e. The first-order valence-electron chi connectivity index (χ1n) is 7.39. The zero-order chi connectivity index (χ0) is 19.9. The molecule has 0 radical (unpaired) electrons. The fourth-order valence-electron chi connectivity index (χ4n) is 1.92. The minimum Gasteiger partial charge on any atom is -0.493 e. The fraction of sp³-hybridized carbons (Fsp3) is 0.400. The Balaban J connectivity index is 3.26. The summed E-state index contributed by atoms with van der Waals surface area (Å²) in [5.41, 5.74) is -0.145. The Kier molecular flexibility index (Phi) is 7.32. The van der Waals surface area contributed by atoms with Gasteiger partial charge in [0.2, 0.25) is 5.75 Å². The van der Waals surface area contributed by atoms with Crippen LogP contribution in [0.3, 0.4) is 0 Å². The lowest BCUT2D eigenvalue weighted by Crippen LogP contribution is -2.30. The molecule has 0 heterocycles. The summed E-state index contributed by atoms with van der Waals surface area (Å²) in [5, 5.41) is 33.4. The van der Waals surface area contributed by atoms with Gasteiger partial charge in [0, 0.05) is 11.6 Å². The van der Waals surface area contributed by atoms with Crippen molar-refractivity contribution < 1.29 is 34.2 Å². The molecule has 0 fully saturated rings. The van der Waals surface area contributed by atoms with Gasteiger partial charge in [-0.15, -0.1) is 0 Å². The molecule has 0 amide bonds. The molecule has 11 heteroatoms. The van der Waals surface area contributed by atoms with Crippen molar-refractivity contribution in [1.82, 2.24) is 5.01 Å². The number of carboxylic acid groups (broad SMARTS) is 2. The average Bonchev–Trinajstić information content (AvgIpc) is 2.51. The molecule has 0 atom stereocenters. The SMILES string of the molecule is COc1cc(/C=N\N(CC(=O)O)CC(=O)O)cc([N+](=O)[O-])c1OC(C)C. The normalized spacial score (nSPS) is 10.8. The van der Waals surface area contributed by atoms with Gasteiger partial charge in [-0.05, 0) is 19.9 Å². The second-order valence-corrected chi connectivity index (χ2v) is 5.35. The molecule has 11 nitrogen and oxygen atoms in total. The third-order valence-corrected chi connectivity index (χ3v) is 2.83. The highest BCUT2D eigenvalue weighted by Gasteiger charge is 2.23. The predicted octanol–water partition coefficient (Wildman–Crippen LogP) is 1.20. The van der Waals surface area contributed by atoms with Crippen LogP contribution >= 0.6 is 0 Å². The van der Waals surface area contributed by atoms with Crippen molar-refractivity contribution in [3.63, 3.8) is 0 Å². The first-order chi connectivity index (χ1) is 12.1. The van der Waals surface area contributed by atoms with Crippen LogP contribution < -0.4 is 9.47 Å². The van der Waals surface area contributed by atoms with Crippen LogP contribution in [-0.4, -0.2) is 64.6 Å². The molecule has 0 aliphatic carbocycles. The molecule has 26 heavy (non-hydrogen) atoms. The highest BCUT2D eigenvalue weighted by atomic mass is 16.6. The summed E-state index contributed by atoms with van der Waals surface area (Å²) in [7, 11) is 1.31. The van der Waals surface area contributed by atoms with Crippen LogP contribution in [0.2, 0.25) is 0 Å². The summed E-state index contributed by atoms with van der Waals surface area (Å²) < 4.78 is 10.6. The topological polar surface area (TPSA) is 152 Å².